The number of nitrogens with zero attached hydrogens (tertiary/aromatic N) is 1. The minimum atomic E-state index is 0.00861. The zero-order valence-corrected chi connectivity index (χ0v) is 12.6. The predicted octanol–water partition coefficient (Wildman–Crippen LogP) is 3.07. The Bertz CT molecular complexity index is 459. The van der Waals surface area contributed by atoms with E-state index in [4.69, 9.17) is 0 Å². The number of carbonyl (C=O) groups is 1. The molecule has 1 aliphatic carbocycles. The Hall–Kier alpha value is -1.58. The van der Waals surface area contributed by atoms with Crippen LogP contribution in [0.15, 0.2) is 18.5 Å². The molecule has 0 saturated heterocycles. The molecule has 1 aromatic heterocycles. The molecule has 2 N–H and O–H groups in total. The van der Waals surface area contributed by atoms with Gasteiger partial charge in [-0.1, -0.05) is 26.7 Å². The van der Waals surface area contributed by atoms with Gasteiger partial charge in [-0.15, -0.1) is 0 Å². The fourth-order valence-corrected chi connectivity index (χ4v) is 3.17. The molecule has 1 amide bonds. The smallest absolute Gasteiger partial charge is 0.253 e. The number of amides is 1. The average molecular weight is 275 g/mol. The van der Waals surface area contributed by atoms with Crippen LogP contribution in [0.25, 0.3) is 0 Å². The van der Waals surface area contributed by atoms with Crippen LogP contribution < -0.4 is 10.6 Å². The molecule has 1 aromatic rings. The Labute approximate surface area is 121 Å². The maximum absolute atomic E-state index is 12.5. The number of anilines is 1. The number of rotatable bonds is 4. The summed E-state index contributed by atoms with van der Waals surface area (Å²) < 4.78 is 0. The average Bonchev–Trinajstić information content (AvgIpc) is 2.47. The molecular weight excluding hydrogens is 250 g/mol. The van der Waals surface area contributed by atoms with Crippen molar-refractivity contribution in [1.82, 2.24) is 10.3 Å². The first kappa shape index (κ1) is 14.8. The lowest BCUT2D eigenvalue weighted by Crippen LogP contribution is -2.44. The Morgan fingerprint density at radius 1 is 1.35 bits per heavy atom. The highest BCUT2D eigenvalue weighted by Crippen LogP contribution is 2.30. The fraction of sp³-hybridized carbons (Fsp3) is 0.625. The van der Waals surface area contributed by atoms with Crippen LogP contribution in [0.3, 0.4) is 0 Å². The summed E-state index contributed by atoms with van der Waals surface area (Å²) in [6.07, 6.45) is 8.16. The Balaban J connectivity index is 2.10. The van der Waals surface area contributed by atoms with E-state index in [0.717, 1.165) is 12.1 Å². The van der Waals surface area contributed by atoms with E-state index < -0.39 is 0 Å². The first-order valence-corrected chi connectivity index (χ1v) is 7.56. The maximum Gasteiger partial charge on any atom is 0.253 e. The fourth-order valence-electron chi connectivity index (χ4n) is 3.17. The number of nitrogens with one attached hydrogen (secondary N) is 2. The summed E-state index contributed by atoms with van der Waals surface area (Å²) in [6.45, 7) is 4.50. The summed E-state index contributed by atoms with van der Waals surface area (Å²) >= 11 is 0. The molecule has 1 fully saturated rings. The zero-order chi connectivity index (χ0) is 14.5. The third kappa shape index (κ3) is 3.30. The largest absolute Gasteiger partial charge is 0.386 e. The molecule has 1 saturated carbocycles. The second-order valence-corrected chi connectivity index (χ2v) is 5.94. The van der Waals surface area contributed by atoms with Crippen molar-refractivity contribution in [2.75, 3.05) is 12.4 Å². The van der Waals surface area contributed by atoms with Gasteiger partial charge in [0.1, 0.15) is 0 Å². The van der Waals surface area contributed by atoms with E-state index in [0.29, 0.717) is 23.4 Å². The summed E-state index contributed by atoms with van der Waals surface area (Å²) in [5.41, 5.74) is 1.46. The zero-order valence-electron chi connectivity index (χ0n) is 12.6. The molecule has 2 unspecified atom stereocenters. The van der Waals surface area contributed by atoms with E-state index in [9.17, 15) is 4.79 Å². The SMILES string of the molecule is CNc1cnccc1C(=O)NC1CCCCC1C(C)C. The van der Waals surface area contributed by atoms with Gasteiger partial charge < -0.3 is 10.6 Å². The van der Waals surface area contributed by atoms with Crippen molar-refractivity contribution in [3.8, 4) is 0 Å². The summed E-state index contributed by atoms with van der Waals surface area (Å²) in [4.78, 5) is 16.5. The number of carbonyl (C=O) groups excluding carboxylic acids is 1. The van der Waals surface area contributed by atoms with Crippen molar-refractivity contribution in [2.45, 2.75) is 45.6 Å². The van der Waals surface area contributed by atoms with Gasteiger partial charge in [0, 0.05) is 19.3 Å². The van der Waals surface area contributed by atoms with Crippen LogP contribution in [0.5, 0.6) is 0 Å². The maximum atomic E-state index is 12.5. The molecule has 2 rings (SSSR count). The molecule has 110 valence electrons. The van der Waals surface area contributed by atoms with Crippen LogP contribution >= 0.6 is 0 Å². The van der Waals surface area contributed by atoms with Gasteiger partial charge in [0.2, 0.25) is 0 Å². The number of hydrogen-bond acceptors (Lipinski definition) is 3. The van der Waals surface area contributed by atoms with Gasteiger partial charge in [0.15, 0.2) is 0 Å². The first-order chi connectivity index (χ1) is 9.63. The lowest BCUT2D eigenvalue weighted by Gasteiger charge is -2.35. The lowest BCUT2D eigenvalue weighted by atomic mass is 9.78. The molecular formula is C16H25N3O. The normalized spacial score (nSPS) is 22.6. The van der Waals surface area contributed by atoms with E-state index >= 15 is 0 Å². The summed E-state index contributed by atoms with van der Waals surface area (Å²) in [5, 5.41) is 6.26. The molecule has 0 aliphatic heterocycles. The number of pyridine rings is 1. The van der Waals surface area contributed by atoms with Crippen LogP contribution in [0.1, 0.15) is 49.9 Å². The second kappa shape index (κ2) is 6.73. The molecule has 20 heavy (non-hydrogen) atoms. The third-order valence-electron chi connectivity index (χ3n) is 4.33. The van der Waals surface area contributed by atoms with E-state index in [-0.39, 0.29) is 5.91 Å². The van der Waals surface area contributed by atoms with Crippen molar-refractivity contribution in [1.29, 1.82) is 0 Å². The Morgan fingerprint density at radius 3 is 2.80 bits per heavy atom. The molecule has 0 spiro atoms. The molecule has 4 heteroatoms. The van der Waals surface area contributed by atoms with Gasteiger partial charge in [-0.05, 0) is 30.7 Å². The third-order valence-corrected chi connectivity index (χ3v) is 4.33. The van der Waals surface area contributed by atoms with Gasteiger partial charge >= 0.3 is 0 Å². The van der Waals surface area contributed by atoms with Crippen molar-refractivity contribution in [3.05, 3.63) is 24.0 Å². The first-order valence-electron chi connectivity index (χ1n) is 7.56. The van der Waals surface area contributed by atoms with Gasteiger partial charge in [-0.25, -0.2) is 0 Å². The summed E-state index contributed by atoms with van der Waals surface area (Å²) in [7, 11) is 1.81. The molecule has 0 radical (unpaired) electrons. The molecule has 0 bridgehead atoms. The summed E-state index contributed by atoms with van der Waals surface area (Å²) in [5.74, 6) is 1.21. The van der Waals surface area contributed by atoms with Gasteiger partial charge in [-0.2, -0.15) is 0 Å². The Kier molecular flexibility index (Phi) is 4.99. The minimum absolute atomic E-state index is 0.00861. The Morgan fingerprint density at radius 2 is 2.10 bits per heavy atom. The molecule has 1 heterocycles. The molecule has 1 aliphatic rings. The number of hydrogen-bond donors (Lipinski definition) is 2. The van der Waals surface area contributed by atoms with E-state index in [2.05, 4.69) is 29.5 Å². The van der Waals surface area contributed by atoms with E-state index in [1.165, 1.54) is 19.3 Å². The van der Waals surface area contributed by atoms with Crippen LogP contribution in [0.4, 0.5) is 5.69 Å². The quantitative estimate of drug-likeness (QED) is 0.888. The number of aromatic nitrogens is 1. The van der Waals surface area contributed by atoms with E-state index in [1.807, 2.05) is 7.05 Å². The summed E-state index contributed by atoms with van der Waals surface area (Å²) in [6, 6.07) is 2.07. The highest BCUT2D eigenvalue weighted by molar-refractivity contribution is 5.99. The van der Waals surface area contributed by atoms with Crippen LogP contribution in [0.2, 0.25) is 0 Å². The van der Waals surface area contributed by atoms with Crippen molar-refractivity contribution >= 4 is 11.6 Å². The highest BCUT2D eigenvalue weighted by atomic mass is 16.1. The van der Waals surface area contributed by atoms with Gasteiger partial charge in [-0.3, -0.25) is 9.78 Å². The molecule has 4 nitrogen and oxygen atoms in total. The second-order valence-electron chi connectivity index (χ2n) is 5.94. The monoisotopic (exact) mass is 275 g/mol. The van der Waals surface area contributed by atoms with Crippen LogP contribution in [0, 0.1) is 11.8 Å². The highest BCUT2D eigenvalue weighted by Gasteiger charge is 2.29. The molecule has 0 aromatic carbocycles. The topological polar surface area (TPSA) is 54.0 Å². The molecule has 2 atom stereocenters. The predicted molar refractivity (Wildman–Crippen MR) is 81.8 cm³/mol. The van der Waals surface area contributed by atoms with Crippen molar-refractivity contribution in [3.63, 3.8) is 0 Å². The van der Waals surface area contributed by atoms with Crippen LogP contribution in [-0.4, -0.2) is 24.0 Å². The van der Waals surface area contributed by atoms with Crippen LogP contribution in [-0.2, 0) is 0 Å². The van der Waals surface area contributed by atoms with Gasteiger partial charge in [0.25, 0.3) is 5.91 Å². The van der Waals surface area contributed by atoms with Crippen molar-refractivity contribution in [2.24, 2.45) is 11.8 Å². The minimum Gasteiger partial charge on any atom is -0.386 e. The lowest BCUT2D eigenvalue weighted by molar-refractivity contribution is 0.0890. The van der Waals surface area contributed by atoms with Gasteiger partial charge in [0.05, 0.1) is 17.4 Å². The van der Waals surface area contributed by atoms with Crippen molar-refractivity contribution < 1.29 is 4.79 Å². The van der Waals surface area contributed by atoms with E-state index in [1.54, 1.807) is 18.5 Å². The standard InChI is InChI=1S/C16H25N3O/c1-11(2)12-6-4-5-7-14(12)19-16(20)13-8-9-18-10-15(13)17-3/h8-12,14,17H,4-7H2,1-3H3,(H,19,20).